The van der Waals surface area contributed by atoms with Gasteiger partial charge in [0.2, 0.25) is 0 Å². The molecule has 0 radical (unpaired) electrons. The summed E-state index contributed by atoms with van der Waals surface area (Å²) in [7, 11) is 0. The van der Waals surface area contributed by atoms with Crippen molar-refractivity contribution in [2.75, 3.05) is 6.54 Å². The van der Waals surface area contributed by atoms with Crippen molar-refractivity contribution >= 4 is 22.5 Å². The maximum absolute atomic E-state index is 13.2. The maximum atomic E-state index is 13.2. The summed E-state index contributed by atoms with van der Waals surface area (Å²) in [5, 5.41) is 14.5. The molecule has 0 aliphatic heterocycles. The van der Waals surface area contributed by atoms with Crippen LogP contribution in [0.1, 0.15) is 21.5 Å². The van der Waals surface area contributed by atoms with Crippen molar-refractivity contribution in [1.29, 1.82) is 0 Å². The zero-order valence-electron chi connectivity index (χ0n) is 13.5. The second-order valence-electron chi connectivity index (χ2n) is 5.77. The lowest BCUT2D eigenvalue weighted by molar-refractivity contribution is -0.384. The van der Waals surface area contributed by atoms with Gasteiger partial charge in [-0.1, -0.05) is 0 Å². The molecule has 3 aromatic rings. The third-order valence-electron chi connectivity index (χ3n) is 4.07. The highest BCUT2D eigenvalue weighted by atomic mass is 19.1. The quantitative estimate of drug-likeness (QED) is 0.550. The Labute approximate surface area is 142 Å². The number of nitro benzene ring substituents is 1. The average molecular weight is 341 g/mol. The summed E-state index contributed by atoms with van der Waals surface area (Å²) in [5.41, 5.74) is 2.62. The van der Waals surface area contributed by atoms with Gasteiger partial charge < -0.3 is 10.3 Å². The van der Waals surface area contributed by atoms with Crippen LogP contribution in [0.15, 0.2) is 42.6 Å². The maximum Gasteiger partial charge on any atom is 0.269 e. The van der Waals surface area contributed by atoms with Gasteiger partial charge >= 0.3 is 0 Å². The molecule has 1 heterocycles. The number of nitrogens with zero attached hydrogens (tertiary/aromatic N) is 1. The Kier molecular flexibility index (Phi) is 4.47. The molecule has 1 amide bonds. The number of carbonyl (C=O) groups excluding carboxylic acids is 1. The lowest BCUT2D eigenvalue weighted by Crippen LogP contribution is -2.26. The molecule has 6 nitrogen and oxygen atoms in total. The van der Waals surface area contributed by atoms with Crippen LogP contribution in [-0.2, 0) is 6.42 Å². The number of amides is 1. The van der Waals surface area contributed by atoms with E-state index in [9.17, 15) is 19.3 Å². The van der Waals surface area contributed by atoms with Crippen molar-refractivity contribution in [3.63, 3.8) is 0 Å². The molecule has 1 aromatic heterocycles. The van der Waals surface area contributed by atoms with Crippen LogP contribution in [-0.4, -0.2) is 22.4 Å². The van der Waals surface area contributed by atoms with Crippen LogP contribution in [0.3, 0.4) is 0 Å². The first-order valence-corrected chi connectivity index (χ1v) is 7.74. The minimum absolute atomic E-state index is 0.0416. The lowest BCUT2D eigenvalue weighted by Gasteiger charge is -2.07. The van der Waals surface area contributed by atoms with E-state index < -0.39 is 4.92 Å². The van der Waals surface area contributed by atoms with Gasteiger partial charge in [-0.3, -0.25) is 14.9 Å². The zero-order chi connectivity index (χ0) is 18.0. The number of halogens is 1. The monoisotopic (exact) mass is 341 g/mol. The molecule has 0 aliphatic rings. The van der Waals surface area contributed by atoms with E-state index in [1.165, 1.54) is 30.3 Å². The van der Waals surface area contributed by atoms with E-state index in [1.807, 2.05) is 0 Å². The Morgan fingerprint density at radius 1 is 1.28 bits per heavy atom. The number of nitro groups is 1. The van der Waals surface area contributed by atoms with Gasteiger partial charge in [-0.2, -0.15) is 0 Å². The molecule has 128 valence electrons. The first kappa shape index (κ1) is 16.6. The minimum atomic E-state index is -0.492. The standard InChI is InChI=1S/C18H16FN3O3/c1-11-8-14(22(24)25)3-5-15(11)18(23)20-7-6-12-10-21-17-9-13(19)2-4-16(12)17/h2-5,8-10,21H,6-7H2,1H3,(H,20,23). The van der Waals surface area contributed by atoms with E-state index in [1.54, 1.807) is 19.2 Å². The van der Waals surface area contributed by atoms with Gasteiger partial charge in [-0.25, -0.2) is 4.39 Å². The number of aryl methyl sites for hydroxylation is 1. The van der Waals surface area contributed by atoms with Crippen LogP contribution in [0.2, 0.25) is 0 Å². The normalized spacial score (nSPS) is 10.8. The molecule has 3 rings (SSSR count). The average Bonchev–Trinajstić information content (AvgIpc) is 2.96. The second kappa shape index (κ2) is 6.72. The number of hydrogen-bond acceptors (Lipinski definition) is 3. The smallest absolute Gasteiger partial charge is 0.269 e. The van der Waals surface area contributed by atoms with Crippen LogP contribution in [0, 0.1) is 22.9 Å². The number of non-ortho nitro benzene ring substituents is 1. The number of fused-ring (bicyclic) bond motifs is 1. The number of nitrogens with one attached hydrogen (secondary N) is 2. The molecule has 0 saturated carbocycles. The largest absolute Gasteiger partial charge is 0.361 e. The third-order valence-corrected chi connectivity index (χ3v) is 4.07. The van der Waals surface area contributed by atoms with E-state index in [4.69, 9.17) is 0 Å². The number of aromatic nitrogens is 1. The van der Waals surface area contributed by atoms with Gasteiger partial charge in [0.1, 0.15) is 5.82 Å². The highest BCUT2D eigenvalue weighted by Gasteiger charge is 2.13. The fraction of sp³-hybridized carbons (Fsp3) is 0.167. The fourth-order valence-corrected chi connectivity index (χ4v) is 2.79. The van der Waals surface area contributed by atoms with Crippen LogP contribution < -0.4 is 5.32 Å². The summed E-state index contributed by atoms with van der Waals surface area (Å²) in [6, 6.07) is 8.69. The topological polar surface area (TPSA) is 88.0 Å². The summed E-state index contributed by atoms with van der Waals surface area (Å²) < 4.78 is 13.2. The van der Waals surface area contributed by atoms with Crippen LogP contribution in [0.25, 0.3) is 10.9 Å². The van der Waals surface area contributed by atoms with Crippen molar-refractivity contribution in [3.05, 3.63) is 75.2 Å². The van der Waals surface area contributed by atoms with Crippen LogP contribution in [0.4, 0.5) is 10.1 Å². The molecular formula is C18H16FN3O3. The molecule has 0 aliphatic carbocycles. The molecule has 7 heteroatoms. The highest BCUT2D eigenvalue weighted by Crippen LogP contribution is 2.20. The van der Waals surface area contributed by atoms with Gasteiger partial charge in [0, 0.05) is 41.3 Å². The minimum Gasteiger partial charge on any atom is -0.361 e. The van der Waals surface area contributed by atoms with Crippen molar-refractivity contribution in [1.82, 2.24) is 10.3 Å². The number of hydrogen-bond donors (Lipinski definition) is 2. The summed E-state index contributed by atoms with van der Waals surface area (Å²) in [6.07, 6.45) is 2.39. The molecule has 0 atom stereocenters. The molecular weight excluding hydrogens is 325 g/mol. The Balaban J connectivity index is 1.65. The Bertz CT molecular complexity index is 965. The van der Waals surface area contributed by atoms with Crippen molar-refractivity contribution in [3.8, 4) is 0 Å². The summed E-state index contributed by atoms with van der Waals surface area (Å²) >= 11 is 0. The second-order valence-corrected chi connectivity index (χ2v) is 5.77. The first-order chi connectivity index (χ1) is 12.0. The van der Waals surface area contributed by atoms with Gasteiger partial charge in [0.15, 0.2) is 0 Å². The van der Waals surface area contributed by atoms with Gasteiger partial charge in [0.05, 0.1) is 4.92 Å². The fourth-order valence-electron chi connectivity index (χ4n) is 2.79. The predicted molar refractivity (Wildman–Crippen MR) is 92.1 cm³/mol. The van der Waals surface area contributed by atoms with E-state index in [-0.39, 0.29) is 17.4 Å². The lowest BCUT2D eigenvalue weighted by atomic mass is 10.1. The van der Waals surface area contributed by atoms with Crippen molar-refractivity contribution in [2.45, 2.75) is 13.3 Å². The van der Waals surface area contributed by atoms with Gasteiger partial charge in [-0.15, -0.1) is 0 Å². The number of benzene rings is 2. The number of H-pyrrole nitrogens is 1. The Morgan fingerprint density at radius 3 is 2.80 bits per heavy atom. The van der Waals surface area contributed by atoms with Crippen LogP contribution in [0.5, 0.6) is 0 Å². The Hall–Kier alpha value is -3.22. The molecule has 0 unspecified atom stereocenters. The molecule has 0 bridgehead atoms. The van der Waals surface area contributed by atoms with Crippen LogP contribution >= 0.6 is 0 Å². The molecule has 25 heavy (non-hydrogen) atoms. The van der Waals surface area contributed by atoms with Crippen molar-refractivity contribution < 1.29 is 14.1 Å². The SMILES string of the molecule is Cc1cc([N+](=O)[O-])ccc1C(=O)NCCc1c[nH]c2cc(F)ccc12. The Morgan fingerprint density at radius 2 is 2.08 bits per heavy atom. The summed E-state index contributed by atoms with van der Waals surface area (Å²) in [4.78, 5) is 25.5. The zero-order valence-corrected chi connectivity index (χ0v) is 13.5. The molecule has 2 aromatic carbocycles. The molecule has 0 spiro atoms. The van der Waals surface area contributed by atoms with E-state index in [2.05, 4.69) is 10.3 Å². The van der Waals surface area contributed by atoms with E-state index in [0.29, 0.717) is 29.6 Å². The third kappa shape index (κ3) is 3.50. The summed E-state index contributed by atoms with van der Waals surface area (Å²) in [6.45, 7) is 2.07. The number of aromatic amines is 1. The molecule has 0 fully saturated rings. The highest BCUT2D eigenvalue weighted by molar-refractivity contribution is 5.96. The van der Waals surface area contributed by atoms with E-state index >= 15 is 0 Å². The first-order valence-electron chi connectivity index (χ1n) is 7.74. The molecule has 0 saturated heterocycles. The predicted octanol–water partition coefficient (Wildman–Crippen LogP) is 3.50. The summed E-state index contributed by atoms with van der Waals surface area (Å²) in [5.74, 6) is -0.582. The number of rotatable bonds is 5. The van der Waals surface area contributed by atoms with Gasteiger partial charge in [0.25, 0.3) is 11.6 Å². The van der Waals surface area contributed by atoms with Gasteiger partial charge in [-0.05, 0) is 48.7 Å². The van der Waals surface area contributed by atoms with Crippen molar-refractivity contribution in [2.24, 2.45) is 0 Å². The molecule has 2 N–H and O–H groups in total. The van der Waals surface area contributed by atoms with E-state index in [0.717, 1.165) is 10.9 Å². The number of carbonyl (C=O) groups is 1.